The molecule has 1 aliphatic carbocycles. The predicted molar refractivity (Wildman–Crippen MR) is 135 cm³/mol. The van der Waals surface area contributed by atoms with Crippen LogP contribution in [0.2, 0.25) is 0 Å². The molecule has 1 aromatic rings. The number of likely N-dealkylation sites (tertiary alicyclic amines) is 2. The zero-order valence-corrected chi connectivity index (χ0v) is 21.1. The summed E-state index contributed by atoms with van der Waals surface area (Å²) in [7, 11) is 0. The van der Waals surface area contributed by atoms with Gasteiger partial charge in [0.05, 0.1) is 12.6 Å². The molecule has 2 aliphatic heterocycles. The largest absolute Gasteiger partial charge is 0.480 e. The van der Waals surface area contributed by atoms with Crippen molar-refractivity contribution in [1.29, 1.82) is 0 Å². The third-order valence-corrected chi connectivity index (χ3v) is 7.35. The van der Waals surface area contributed by atoms with Crippen molar-refractivity contribution in [1.82, 2.24) is 9.80 Å². The first-order valence-corrected chi connectivity index (χ1v) is 11.8. The second-order valence-electron chi connectivity index (χ2n) is 9.12. The summed E-state index contributed by atoms with van der Waals surface area (Å²) < 4.78 is 14.7. The number of ketones is 1. The Labute approximate surface area is 213 Å². The second-order valence-corrected chi connectivity index (χ2v) is 9.75. The van der Waals surface area contributed by atoms with Crippen LogP contribution < -0.4 is 0 Å². The van der Waals surface area contributed by atoms with Crippen LogP contribution in [-0.2, 0) is 9.59 Å². The van der Waals surface area contributed by atoms with Gasteiger partial charge in [0.2, 0.25) is 0 Å². The van der Waals surface area contributed by atoms with Gasteiger partial charge in [-0.1, -0.05) is 24.3 Å². The van der Waals surface area contributed by atoms with Crippen molar-refractivity contribution in [2.45, 2.75) is 43.4 Å². The molecule has 2 atom stereocenters. The van der Waals surface area contributed by atoms with E-state index in [1.165, 1.54) is 11.6 Å². The number of carboxylic acids is 1. The summed E-state index contributed by atoms with van der Waals surface area (Å²) >= 11 is 4.80. The lowest BCUT2D eigenvalue weighted by Crippen LogP contribution is -2.43. The van der Waals surface area contributed by atoms with Gasteiger partial charge in [0.25, 0.3) is 0 Å². The number of aliphatic carboxylic acids is 1. The maximum atomic E-state index is 14.7. The van der Waals surface area contributed by atoms with E-state index in [0.29, 0.717) is 18.0 Å². The smallest absolute Gasteiger partial charge is 0.317 e. The van der Waals surface area contributed by atoms with Crippen molar-refractivity contribution in [3.63, 3.8) is 0 Å². The number of halogens is 3. The third-order valence-electron chi connectivity index (χ3n) is 6.76. The van der Waals surface area contributed by atoms with Crippen molar-refractivity contribution in [2.24, 2.45) is 11.8 Å². The average molecular weight is 520 g/mol. The Morgan fingerprint density at radius 3 is 2.36 bits per heavy atom. The monoisotopic (exact) mass is 518 g/mol. The summed E-state index contributed by atoms with van der Waals surface area (Å²) in [5.41, 5.74) is 1.69. The minimum absolute atomic E-state index is 0. The summed E-state index contributed by atoms with van der Waals surface area (Å²) in [6.07, 6.45) is 6.79. The summed E-state index contributed by atoms with van der Waals surface area (Å²) in [4.78, 5) is 28.2. The number of carbonyl (C=O) groups excluding carboxylic acids is 1. The summed E-state index contributed by atoms with van der Waals surface area (Å²) in [5.74, 6) is -0.505. The Balaban J connectivity index is 0.00000193. The number of nitrogens with zero attached hydrogens (tertiary/aromatic N) is 2. The van der Waals surface area contributed by atoms with E-state index in [2.05, 4.69) is 11.0 Å². The molecule has 2 saturated heterocycles. The first kappa shape index (κ1) is 28.1. The molecule has 0 amide bonds. The number of carbonyl (C=O) groups is 2. The quantitative estimate of drug-likeness (QED) is 0.413. The highest BCUT2D eigenvalue weighted by Gasteiger charge is 2.41. The first-order valence-electron chi connectivity index (χ1n) is 11.3. The molecule has 2 heterocycles. The van der Waals surface area contributed by atoms with Crippen LogP contribution in [-0.4, -0.2) is 64.6 Å². The fraction of sp³-hybridized carbons (Fsp3) is 0.583. The number of allylic oxidation sites excluding steroid dienone is 1. The maximum Gasteiger partial charge on any atom is 0.317 e. The van der Waals surface area contributed by atoms with Crippen LogP contribution in [0.15, 0.2) is 35.9 Å². The van der Waals surface area contributed by atoms with Crippen LogP contribution in [0.1, 0.15) is 43.7 Å². The van der Waals surface area contributed by atoms with Gasteiger partial charge in [-0.2, -0.15) is 12.6 Å². The van der Waals surface area contributed by atoms with Gasteiger partial charge < -0.3 is 5.11 Å². The van der Waals surface area contributed by atoms with Crippen LogP contribution in [0.5, 0.6) is 0 Å². The lowest BCUT2D eigenvalue weighted by Gasteiger charge is -2.38. The van der Waals surface area contributed by atoms with Gasteiger partial charge >= 0.3 is 5.97 Å². The Hall–Kier alpha value is -1.12. The fourth-order valence-corrected chi connectivity index (χ4v) is 5.15. The van der Waals surface area contributed by atoms with Gasteiger partial charge in [-0.3, -0.25) is 19.4 Å². The number of carboxylic acid groups (broad SMARTS) is 1. The number of Topliss-reactive ketones (excluding diaryl/α,β-unsaturated/α-hetero) is 1. The molecule has 2 unspecified atom stereocenters. The molecule has 5 nitrogen and oxygen atoms in total. The van der Waals surface area contributed by atoms with Gasteiger partial charge in [-0.05, 0) is 62.8 Å². The third kappa shape index (κ3) is 7.18. The van der Waals surface area contributed by atoms with Crippen molar-refractivity contribution >= 4 is 49.2 Å². The van der Waals surface area contributed by atoms with Crippen LogP contribution in [0.3, 0.4) is 0 Å². The Bertz CT molecular complexity index is 860. The fourth-order valence-electron chi connectivity index (χ4n) is 4.87. The number of thiol groups is 1. The van der Waals surface area contributed by atoms with E-state index in [1.54, 1.807) is 18.2 Å². The molecule has 1 saturated carbocycles. The van der Waals surface area contributed by atoms with Gasteiger partial charge in [0, 0.05) is 29.8 Å². The molecule has 1 N–H and O–H groups in total. The van der Waals surface area contributed by atoms with Gasteiger partial charge in [-0.15, -0.1) is 24.8 Å². The topological polar surface area (TPSA) is 60.9 Å². The van der Waals surface area contributed by atoms with E-state index in [-0.39, 0.29) is 54.1 Å². The highest BCUT2D eigenvalue weighted by atomic mass is 35.5. The standard InChI is InChI=1S/C24H31FN2O3S.2ClH/c25-20-4-2-1-3-19(20)23(24(30)17-5-6-17)27-12-9-21(31)18(14-27)13-16-7-10-26(11-8-16)15-22(28)29;;/h1-4,13,16-17,21,23,31H,5-12,14-15H2,(H,28,29);2*1H. The molecule has 184 valence electrons. The minimum Gasteiger partial charge on any atom is -0.480 e. The molecule has 33 heavy (non-hydrogen) atoms. The molecule has 1 aromatic carbocycles. The van der Waals surface area contributed by atoms with Gasteiger partial charge in [0.1, 0.15) is 5.82 Å². The van der Waals surface area contributed by atoms with E-state index in [0.717, 1.165) is 51.7 Å². The zero-order chi connectivity index (χ0) is 22.0. The van der Waals surface area contributed by atoms with Crippen LogP contribution in [0.4, 0.5) is 4.39 Å². The number of hydrogen-bond donors (Lipinski definition) is 2. The molecule has 4 rings (SSSR count). The van der Waals surface area contributed by atoms with Gasteiger partial charge in [0.15, 0.2) is 5.78 Å². The number of benzene rings is 1. The minimum atomic E-state index is -0.783. The Kier molecular flexibility index (Phi) is 10.7. The lowest BCUT2D eigenvalue weighted by molar-refractivity contribution is -0.138. The molecule has 0 aromatic heterocycles. The predicted octanol–water partition coefficient (Wildman–Crippen LogP) is 4.42. The average Bonchev–Trinajstić information content (AvgIpc) is 3.58. The van der Waals surface area contributed by atoms with Crippen molar-refractivity contribution < 1.29 is 19.1 Å². The maximum absolute atomic E-state index is 14.7. The molecule has 0 spiro atoms. The number of hydrogen-bond acceptors (Lipinski definition) is 5. The molecular weight excluding hydrogens is 486 g/mol. The van der Waals surface area contributed by atoms with E-state index in [9.17, 15) is 14.0 Å². The Morgan fingerprint density at radius 1 is 1.09 bits per heavy atom. The molecule has 0 radical (unpaired) electrons. The molecule has 9 heteroatoms. The summed E-state index contributed by atoms with van der Waals surface area (Å²) in [6, 6.07) is 6.12. The van der Waals surface area contributed by atoms with E-state index in [4.69, 9.17) is 17.7 Å². The SMILES string of the molecule is Cl.Cl.O=C(O)CN1CCC(C=C2CN(C(C(=O)C3CC3)c3ccccc3F)CCC2S)CC1. The highest BCUT2D eigenvalue weighted by Crippen LogP contribution is 2.39. The molecule has 3 fully saturated rings. The number of piperidine rings is 2. The summed E-state index contributed by atoms with van der Waals surface area (Å²) in [6.45, 7) is 3.00. The lowest BCUT2D eigenvalue weighted by atomic mass is 9.89. The van der Waals surface area contributed by atoms with Gasteiger partial charge in [-0.25, -0.2) is 4.39 Å². The molecule has 3 aliphatic rings. The van der Waals surface area contributed by atoms with E-state index < -0.39 is 12.0 Å². The zero-order valence-electron chi connectivity index (χ0n) is 18.6. The molecular formula is C24H33Cl2FN2O3S. The van der Waals surface area contributed by atoms with Crippen molar-refractivity contribution in [2.75, 3.05) is 32.7 Å². The summed E-state index contributed by atoms with van der Waals surface area (Å²) in [5, 5.41) is 9.13. The van der Waals surface area contributed by atoms with Crippen LogP contribution >= 0.6 is 37.4 Å². The number of rotatable bonds is 7. The van der Waals surface area contributed by atoms with Crippen molar-refractivity contribution in [3.05, 3.63) is 47.3 Å². The second kappa shape index (κ2) is 12.5. The van der Waals surface area contributed by atoms with Crippen LogP contribution in [0, 0.1) is 17.7 Å². The van der Waals surface area contributed by atoms with E-state index >= 15 is 0 Å². The highest BCUT2D eigenvalue weighted by molar-refractivity contribution is 7.81. The van der Waals surface area contributed by atoms with E-state index in [1.807, 2.05) is 4.90 Å². The first-order chi connectivity index (χ1) is 14.9. The Morgan fingerprint density at radius 2 is 1.76 bits per heavy atom. The molecule has 0 bridgehead atoms. The van der Waals surface area contributed by atoms with Crippen molar-refractivity contribution in [3.8, 4) is 0 Å². The normalized spacial score (nSPS) is 24.5. The van der Waals surface area contributed by atoms with Crippen LogP contribution in [0.25, 0.3) is 0 Å².